The second kappa shape index (κ2) is 10.3. The molecule has 2 rings (SSSR count). The van der Waals surface area contributed by atoms with E-state index in [1.807, 2.05) is 0 Å². The molecule has 0 amide bonds. The van der Waals surface area contributed by atoms with E-state index in [4.69, 9.17) is 4.74 Å². The Balaban J connectivity index is 1.73. The Morgan fingerprint density at radius 2 is 2.05 bits per heavy atom. The average Bonchev–Trinajstić information content (AvgIpc) is 2.57. The Morgan fingerprint density at radius 1 is 1.23 bits per heavy atom. The molecule has 0 aliphatic carbocycles. The highest BCUT2D eigenvalue weighted by Gasteiger charge is 2.09. The van der Waals surface area contributed by atoms with Crippen LogP contribution in [0.15, 0.2) is 18.5 Å². The molecule has 0 atom stereocenters. The van der Waals surface area contributed by atoms with Crippen LogP contribution in [0.25, 0.3) is 6.08 Å². The fraction of sp³-hybridized carbons (Fsp3) is 0.647. The van der Waals surface area contributed by atoms with Gasteiger partial charge in [-0.2, -0.15) is 0 Å². The van der Waals surface area contributed by atoms with Gasteiger partial charge in [0.05, 0.1) is 13.2 Å². The summed E-state index contributed by atoms with van der Waals surface area (Å²) in [5, 5.41) is 3.41. The van der Waals surface area contributed by atoms with Gasteiger partial charge in [0.1, 0.15) is 5.69 Å². The van der Waals surface area contributed by atoms with Crippen LogP contribution in [0.4, 0.5) is 5.82 Å². The molecule has 1 fully saturated rings. The Morgan fingerprint density at radius 3 is 2.86 bits per heavy atom. The molecule has 0 unspecified atom stereocenters. The second-order valence-electron chi connectivity index (χ2n) is 5.57. The van der Waals surface area contributed by atoms with Crippen molar-refractivity contribution < 1.29 is 4.74 Å². The summed E-state index contributed by atoms with van der Waals surface area (Å²) in [6.07, 6.45) is 12.4. The van der Waals surface area contributed by atoms with Crippen molar-refractivity contribution in [1.82, 2.24) is 14.9 Å². The summed E-state index contributed by atoms with van der Waals surface area (Å²) in [6.45, 7) is 8.07. The van der Waals surface area contributed by atoms with Crippen molar-refractivity contribution in [3.8, 4) is 0 Å². The minimum absolute atomic E-state index is 0.865. The summed E-state index contributed by atoms with van der Waals surface area (Å²) in [7, 11) is 0. The second-order valence-corrected chi connectivity index (χ2v) is 5.57. The van der Waals surface area contributed by atoms with Gasteiger partial charge in [-0.3, -0.25) is 9.88 Å². The van der Waals surface area contributed by atoms with Crippen LogP contribution in [0.1, 0.15) is 38.3 Å². The maximum Gasteiger partial charge on any atom is 0.151 e. The van der Waals surface area contributed by atoms with E-state index in [1.54, 1.807) is 12.4 Å². The molecule has 1 aliphatic rings. The molecule has 1 saturated heterocycles. The van der Waals surface area contributed by atoms with E-state index in [9.17, 15) is 0 Å². The molecule has 5 nitrogen and oxygen atoms in total. The number of ether oxygens (including phenoxy) is 1. The van der Waals surface area contributed by atoms with E-state index in [0.29, 0.717) is 0 Å². The summed E-state index contributed by atoms with van der Waals surface area (Å²) in [5.74, 6) is 0.886. The van der Waals surface area contributed by atoms with Gasteiger partial charge in [-0.15, -0.1) is 0 Å². The van der Waals surface area contributed by atoms with E-state index >= 15 is 0 Å². The van der Waals surface area contributed by atoms with E-state index in [0.717, 1.165) is 63.7 Å². The van der Waals surface area contributed by atoms with Gasteiger partial charge in [0, 0.05) is 32.0 Å². The Bertz CT molecular complexity index is 444. The van der Waals surface area contributed by atoms with Crippen molar-refractivity contribution in [2.75, 3.05) is 44.7 Å². The molecule has 0 spiro atoms. The monoisotopic (exact) mass is 304 g/mol. The van der Waals surface area contributed by atoms with E-state index < -0.39 is 0 Å². The quantitative estimate of drug-likeness (QED) is 0.711. The maximum atomic E-state index is 5.36. The lowest BCUT2D eigenvalue weighted by Crippen LogP contribution is -2.37. The number of nitrogens with zero attached hydrogens (tertiary/aromatic N) is 3. The highest BCUT2D eigenvalue weighted by molar-refractivity contribution is 5.58. The Labute approximate surface area is 133 Å². The standard InChI is InChI=1S/C17H28N4O/c1-2-3-4-5-7-16-17(20-10-9-18-16)19-8-6-11-21-12-14-22-15-13-21/h5,7,9-10H,2-4,6,8,11-15H2,1H3,(H,19,20)/b7-5+. The SMILES string of the molecule is CCCC/C=C/c1nccnc1NCCCN1CCOCC1. The number of allylic oxidation sites excluding steroid dienone is 1. The number of nitrogens with one attached hydrogen (secondary N) is 1. The van der Waals surface area contributed by atoms with Gasteiger partial charge in [-0.25, -0.2) is 4.98 Å². The molecule has 0 aromatic carbocycles. The number of hydrogen-bond acceptors (Lipinski definition) is 5. The molecular formula is C17H28N4O. The van der Waals surface area contributed by atoms with Crippen LogP contribution >= 0.6 is 0 Å². The lowest BCUT2D eigenvalue weighted by molar-refractivity contribution is 0.0378. The summed E-state index contributed by atoms with van der Waals surface area (Å²) in [5.41, 5.74) is 0.935. The van der Waals surface area contributed by atoms with E-state index in [2.05, 4.69) is 39.3 Å². The van der Waals surface area contributed by atoms with Crippen molar-refractivity contribution in [3.05, 3.63) is 24.2 Å². The molecule has 1 aromatic heterocycles. The minimum Gasteiger partial charge on any atom is -0.379 e. The fourth-order valence-corrected chi connectivity index (χ4v) is 2.46. The average molecular weight is 304 g/mol. The van der Waals surface area contributed by atoms with E-state index in [1.165, 1.54) is 12.8 Å². The van der Waals surface area contributed by atoms with Gasteiger partial charge < -0.3 is 10.1 Å². The van der Waals surface area contributed by atoms with Gasteiger partial charge in [-0.05, 0) is 25.5 Å². The van der Waals surface area contributed by atoms with Gasteiger partial charge >= 0.3 is 0 Å². The third kappa shape index (κ3) is 6.12. The number of anilines is 1. The number of rotatable bonds is 9. The summed E-state index contributed by atoms with van der Waals surface area (Å²) in [4.78, 5) is 11.3. The molecule has 2 heterocycles. The van der Waals surface area contributed by atoms with Crippen LogP contribution in [0.2, 0.25) is 0 Å². The topological polar surface area (TPSA) is 50.3 Å². The van der Waals surface area contributed by atoms with Crippen LogP contribution in [-0.2, 0) is 4.74 Å². The number of unbranched alkanes of at least 4 members (excludes halogenated alkanes) is 2. The zero-order valence-corrected chi connectivity index (χ0v) is 13.6. The molecule has 5 heteroatoms. The fourth-order valence-electron chi connectivity index (χ4n) is 2.46. The Kier molecular flexibility index (Phi) is 7.91. The van der Waals surface area contributed by atoms with Gasteiger partial charge in [0.25, 0.3) is 0 Å². The molecule has 1 aliphatic heterocycles. The van der Waals surface area contributed by atoms with Crippen molar-refractivity contribution in [2.24, 2.45) is 0 Å². The largest absolute Gasteiger partial charge is 0.379 e. The highest BCUT2D eigenvalue weighted by atomic mass is 16.5. The molecular weight excluding hydrogens is 276 g/mol. The van der Waals surface area contributed by atoms with Crippen LogP contribution in [0, 0.1) is 0 Å². The molecule has 22 heavy (non-hydrogen) atoms. The number of hydrogen-bond donors (Lipinski definition) is 1. The summed E-state index contributed by atoms with van der Waals surface area (Å²) >= 11 is 0. The van der Waals surface area contributed by atoms with Crippen molar-refractivity contribution in [3.63, 3.8) is 0 Å². The molecule has 0 saturated carbocycles. The lowest BCUT2D eigenvalue weighted by atomic mass is 10.2. The number of morpholine rings is 1. The lowest BCUT2D eigenvalue weighted by Gasteiger charge is -2.26. The third-order valence-electron chi connectivity index (χ3n) is 3.77. The molecule has 122 valence electrons. The zero-order chi connectivity index (χ0) is 15.5. The first-order chi connectivity index (χ1) is 10.9. The van der Waals surface area contributed by atoms with Crippen molar-refractivity contribution >= 4 is 11.9 Å². The van der Waals surface area contributed by atoms with Crippen molar-refractivity contribution in [1.29, 1.82) is 0 Å². The Hall–Kier alpha value is -1.46. The first kappa shape index (κ1) is 16.9. The van der Waals surface area contributed by atoms with Crippen LogP contribution < -0.4 is 5.32 Å². The first-order valence-corrected chi connectivity index (χ1v) is 8.41. The van der Waals surface area contributed by atoms with Crippen LogP contribution in [0.5, 0.6) is 0 Å². The maximum absolute atomic E-state index is 5.36. The predicted molar refractivity (Wildman–Crippen MR) is 91.0 cm³/mol. The first-order valence-electron chi connectivity index (χ1n) is 8.41. The summed E-state index contributed by atoms with van der Waals surface area (Å²) < 4.78 is 5.36. The molecule has 0 bridgehead atoms. The number of aromatic nitrogens is 2. The minimum atomic E-state index is 0.865. The van der Waals surface area contributed by atoms with Gasteiger partial charge in [0.15, 0.2) is 5.82 Å². The van der Waals surface area contributed by atoms with Gasteiger partial charge in [0.2, 0.25) is 0 Å². The normalized spacial score (nSPS) is 16.2. The summed E-state index contributed by atoms with van der Waals surface area (Å²) in [6, 6.07) is 0. The van der Waals surface area contributed by atoms with E-state index in [-0.39, 0.29) is 0 Å². The van der Waals surface area contributed by atoms with Gasteiger partial charge in [-0.1, -0.05) is 25.8 Å². The van der Waals surface area contributed by atoms with Crippen LogP contribution in [-0.4, -0.2) is 54.3 Å². The smallest absolute Gasteiger partial charge is 0.151 e. The molecule has 0 radical (unpaired) electrons. The predicted octanol–water partition coefficient (Wildman–Crippen LogP) is 2.81. The third-order valence-corrected chi connectivity index (χ3v) is 3.77. The molecule has 1 aromatic rings. The molecule has 1 N–H and O–H groups in total. The zero-order valence-electron chi connectivity index (χ0n) is 13.6. The van der Waals surface area contributed by atoms with Crippen molar-refractivity contribution in [2.45, 2.75) is 32.6 Å². The highest BCUT2D eigenvalue weighted by Crippen LogP contribution is 2.11. The van der Waals surface area contributed by atoms with Crippen LogP contribution in [0.3, 0.4) is 0 Å².